The number of carbonyl (C=O) groups is 1. The van der Waals surface area contributed by atoms with Crippen molar-refractivity contribution in [3.63, 3.8) is 0 Å². The second-order valence-corrected chi connectivity index (χ2v) is 9.07. The molecule has 0 aliphatic rings. The van der Waals surface area contributed by atoms with Crippen molar-refractivity contribution in [2.75, 3.05) is 23.3 Å². The zero-order chi connectivity index (χ0) is 27.4. The highest BCUT2D eigenvalue weighted by molar-refractivity contribution is 7.80. The quantitative estimate of drug-likeness (QED) is 0.327. The summed E-state index contributed by atoms with van der Waals surface area (Å²) in [6.45, 7) is 10.1. The van der Waals surface area contributed by atoms with Gasteiger partial charge in [-0.2, -0.15) is 18.4 Å². The molecule has 36 heavy (non-hydrogen) atoms. The molecule has 2 N–H and O–H groups in total. The fourth-order valence-corrected chi connectivity index (χ4v) is 4.13. The lowest BCUT2D eigenvalue weighted by atomic mass is 10.00. The van der Waals surface area contributed by atoms with Gasteiger partial charge in [-0.3, -0.25) is 4.90 Å². The van der Waals surface area contributed by atoms with Crippen molar-refractivity contribution < 1.29 is 27.5 Å². The number of nitrogens with zero attached hydrogens (tertiary/aromatic N) is 3. The maximum Gasteiger partial charge on any atom is 0.417 e. The molecule has 0 saturated carbocycles. The van der Waals surface area contributed by atoms with Crippen LogP contribution < -0.4 is 10.2 Å². The number of aliphatic carboxylic acids is 1. The maximum atomic E-state index is 15.2. The van der Waals surface area contributed by atoms with E-state index in [4.69, 9.17) is 17.5 Å². The van der Waals surface area contributed by atoms with Gasteiger partial charge >= 0.3 is 12.1 Å². The van der Waals surface area contributed by atoms with Gasteiger partial charge in [0.1, 0.15) is 11.4 Å². The van der Waals surface area contributed by atoms with Crippen LogP contribution in [0.15, 0.2) is 30.3 Å². The Morgan fingerprint density at radius 3 is 2.25 bits per heavy atom. The Morgan fingerprint density at radius 2 is 1.78 bits per heavy atom. The number of thiocarbonyl (C=S) groups is 1. The summed E-state index contributed by atoms with van der Waals surface area (Å²) < 4.78 is 55.4. The zero-order valence-electron chi connectivity index (χ0n) is 20.6. The lowest BCUT2D eigenvalue weighted by Crippen LogP contribution is -2.55. The first kappa shape index (κ1) is 29.0. The third-order valence-corrected chi connectivity index (χ3v) is 6.20. The van der Waals surface area contributed by atoms with Gasteiger partial charge in [-0.1, -0.05) is 13.8 Å². The molecule has 11 heteroatoms. The molecule has 0 aliphatic heterocycles. The van der Waals surface area contributed by atoms with Crippen molar-refractivity contribution in [3.05, 3.63) is 58.4 Å². The summed E-state index contributed by atoms with van der Waals surface area (Å²) in [5, 5.41) is 21.2. The summed E-state index contributed by atoms with van der Waals surface area (Å²) in [5.74, 6) is -1.84. The molecule has 0 bridgehead atoms. The highest BCUT2D eigenvalue weighted by Gasteiger charge is 2.39. The molecular weight excluding hydrogens is 496 g/mol. The third-order valence-electron chi connectivity index (χ3n) is 5.92. The van der Waals surface area contributed by atoms with Crippen LogP contribution in [0.25, 0.3) is 0 Å². The minimum absolute atomic E-state index is 0.104. The van der Waals surface area contributed by atoms with Gasteiger partial charge in [-0.05, 0) is 82.0 Å². The van der Waals surface area contributed by atoms with E-state index in [0.29, 0.717) is 30.8 Å². The molecule has 194 valence electrons. The molecule has 0 unspecified atom stereocenters. The Kier molecular flexibility index (Phi) is 9.04. The first-order valence-corrected chi connectivity index (χ1v) is 11.5. The fourth-order valence-electron chi connectivity index (χ4n) is 3.68. The molecule has 0 aromatic heterocycles. The average molecular weight is 525 g/mol. The van der Waals surface area contributed by atoms with Gasteiger partial charge in [0.15, 0.2) is 5.11 Å². The van der Waals surface area contributed by atoms with E-state index in [1.165, 1.54) is 32.0 Å². The Balaban J connectivity index is 2.55. The number of carboxylic acids is 1. The fraction of sp³-hybridized carbons (Fsp3) is 0.400. The van der Waals surface area contributed by atoms with Crippen molar-refractivity contribution in [1.29, 1.82) is 5.26 Å². The lowest BCUT2D eigenvalue weighted by molar-refractivity contribution is -0.141. The van der Waals surface area contributed by atoms with Crippen LogP contribution in [-0.2, 0) is 17.5 Å². The summed E-state index contributed by atoms with van der Waals surface area (Å²) in [7, 11) is 0. The van der Waals surface area contributed by atoms with Crippen molar-refractivity contribution in [1.82, 2.24) is 4.90 Å². The molecule has 0 heterocycles. The number of benzene rings is 2. The molecule has 6 nitrogen and oxygen atoms in total. The van der Waals surface area contributed by atoms with E-state index in [2.05, 4.69) is 5.32 Å². The number of halogens is 4. The molecule has 0 fully saturated rings. The van der Waals surface area contributed by atoms with Gasteiger partial charge in [0.05, 0.1) is 17.2 Å². The van der Waals surface area contributed by atoms with Gasteiger partial charge in [0.2, 0.25) is 0 Å². The van der Waals surface area contributed by atoms with E-state index in [1.54, 1.807) is 13.0 Å². The monoisotopic (exact) mass is 524 g/mol. The van der Waals surface area contributed by atoms with Gasteiger partial charge in [-0.15, -0.1) is 0 Å². The predicted molar refractivity (Wildman–Crippen MR) is 134 cm³/mol. The van der Waals surface area contributed by atoms with E-state index in [1.807, 2.05) is 18.7 Å². The molecular formula is C25H28F4N4O2S. The lowest BCUT2D eigenvalue weighted by Gasteiger charge is -2.37. The van der Waals surface area contributed by atoms with Gasteiger partial charge in [0, 0.05) is 23.5 Å². The van der Waals surface area contributed by atoms with Crippen LogP contribution in [0.1, 0.15) is 49.9 Å². The molecule has 0 radical (unpaired) electrons. The summed E-state index contributed by atoms with van der Waals surface area (Å²) in [6.07, 6.45) is -4.79. The number of rotatable bonds is 8. The third kappa shape index (κ3) is 6.30. The Hall–Kier alpha value is -3.23. The summed E-state index contributed by atoms with van der Waals surface area (Å²) in [6, 6.07) is 7.20. The number of nitrogens with one attached hydrogen (secondary N) is 1. The Labute approximate surface area is 213 Å². The molecule has 0 saturated heterocycles. The van der Waals surface area contributed by atoms with E-state index in [9.17, 15) is 23.1 Å². The van der Waals surface area contributed by atoms with Crippen molar-refractivity contribution in [2.45, 2.75) is 52.9 Å². The SMILES string of the molecule is CCN(CC)Cc1c(C)cc(N(C(=S)Nc2ccc(C#N)c(C(F)(F)F)c2)C(C)(C)C(=O)O)cc1F. The molecule has 0 atom stereocenters. The normalized spacial score (nSPS) is 11.8. The second-order valence-electron chi connectivity index (χ2n) is 8.68. The molecule has 2 rings (SSSR count). The largest absolute Gasteiger partial charge is 0.480 e. The van der Waals surface area contributed by atoms with Crippen LogP contribution in [0.3, 0.4) is 0 Å². The Bertz CT molecular complexity index is 1160. The topological polar surface area (TPSA) is 79.6 Å². The number of carboxylic acid groups (broad SMARTS) is 1. The number of hydrogen-bond donors (Lipinski definition) is 2. The van der Waals surface area contributed by atoms with E-state index < -0.39 is 34.6 Å². The summed E-state index contributed by atoms with van der Waals surface area (Å²) >= 11 is 5.41. The maximum absolute atomic E-state index is 15.2. The molecule has 0 amide bonds. The van der Waals surface area contributed by atoms with Crippen molar-refractivity contribution >= 4 is 34.7 Å². The standard InChI is InChI=1S/C25H28F4N4O2S/c1-6-32(7-2)14-19-15(3)10-18(12-21(19)26)33(24(4,5)22(34)35)23(36)31-17-9-8-16(13-30)20(11-17)25(27,28)29/h8-12H,6-7,14H2,1-5H3,(H,31,36)(H,34,35). The molecule has 0 spiro atoms. The predicted octanol–water partition coefficient (Wildman–Crippen LogP) is 5.93. The summed E-state index contributed by atoms with van der Waals surface area (Å²) in [5.41, 5.74) is -2.37. The second kappa shape index (κ2) is 11.2. The first-order valence-electron chi connectivity index (χ1n) is 11.1. The van der Waals surface area contributed by atoms with Gasteiger partial charge < -0.3 is 15.3 Å². The van der Waals surface area contributed by atoms with Crippen LogP contribution in [-0.4, -0.2) is 39.7 Å². The van der Waals surface area contributed by atoms with Crippen LogP contribution in [0.2, 0.25) is 0 Å². The van der Waals surface area contributed by atoms with E-state index in [-0.39, 0.29) is 16.5 Å². The van der Waals surface area contributed by atoms with Crippen molar-refractivity contribution in [3.8, 4) is 6.07 Å². The highest BCUT2D eigenvalue weighted by Crippen LogP contribution is 2.34. The number of hydrogen-bond acceptors (Lipinski definition) is 4. The molecule has 0 aliphatic carbocycles. The Morgan fingerprint density at radius 1 is 1.17 bits per heavy atom. The minimum Gasteiger partial charge on any atom is -0.480 e. The minimum atomic E-state index is -4.79. The van der Waals surface area contributed by atoms with Crippen LogP contribution in [0, 0.1) is 24.1 Å². The number of aryl methyl sites for hydroxylation is 1. The van der Waals surface area contributed by atoms with Crippen LogP contribution >= 0.6 is 12.2 Å². The number of alkyl halides is 3. The zero-order valence-corrected chi connectivity index (χ0v) is 21.4. The van der Waals surface area contributed by atoms with Crippen LogP contribution in [0.4, 0.5) is 28.9 Å². The highest BCUT2D eigenvalue weighted by atomic mass is 32.1. The number of nitriles is 1. The molecule has 2 aromatic carbocycles. The number of anilines is 2. The van der Waals surface area contributed by atoms with E-state index >= 15 is 4.39 Å². The van der Waals surface area contributed by atoms with E-state index in [0.717, 1.165) is 17.0 Å². The van der Waals surface area contributed by atoms with Crippen molar-refractivity contribution in [2.24, 2.45) is 0 Å². The van der Waals surface area contributed by atoms with Gasteiger partial charge in [-0.25, -0.2) is 9.18 Å². The first-order chi connectivity index (χ1) is 16.7. The smallest absolute Gasteiger partial charge is 0.417 e. The molecule has 2 aromatic rings. The van der Waals surface area contributed by atoms with Crippen LogP contribution in [0.5, 0.6) is 0 Å². The van der Waals surface area contributed by atoms with Gasteiger partial charge in [0.25, 0.3) is 0 Å². The average Bonchev–Trinajstić information content (AvgIpc) is 2.78. The summed E-state index contributed by atoms with van der Waals surface area (Å²) in [4.78, 5) is 15.3.